The number of furan rings is 1. The molecule has 0 saturated heterocycles. The van der Waals surface area contributed by atoms with Gasteiger partial charge in [-0.15, -0.1) is 24.0 Å². The first kappa shape index (κ1) is 20.5. The zero-order valence-corrected chi connectivity index (χ0v) is 16.7. The van der Waals surface area contributed by atoms with Crippen LogP contribution < -0.4 is 10.6 Å². The Morgan fingerprint density at radius 2 is 2.25 bits per heavy atom. The van der Waals surface area contributed by atoms with Crippen molar-refractivity contribution in [2.45, 2.75) is 25.9 Å². The molecule has 2 rings (SSSR count). The number of nitrogens with one attached hydrogen (secondary N) is 2. The Labute approximate surface area is 159 Å². The van der Waals surface area contributed by atoms with Gasteiger partial charge >= 0.3 is 0 Å². The number of aliphatic imine (C=N–C) groups is 1. The average molecular weight is 447 g/mol. The third-order valence-electron chi connectivity index (χ3n) is 3.41. The Kier molecular flexibility index (Phi) is 8.26. The maximum Gasteiger partial charge on any atom is 0.191 e. The van der Waals surface area contributed by atoms with E-state index >= 15 is 0 Å². The summed E-state index contributed by atoms with van der Waals surface area (Å²) >= 11 is 0. The molecule has 1 unspecified atom stereocenters. The van der Waals surface area contributed by atoms with E-state index in [0.29, 0.717) is 11.7 Å². The van der Waals surface area contributed by atoms with Crippen molar-refractivity contribution >= 4 is 29.9 Å². The molecule has 7 nitrogen and oxygen atoms in total. The molecule has 0 spiro atoms. The van der Waals surface area contributed by atoms with Crippen LogP contribution in [-0.4, -0.2) is 40.5 Å². The first-order valence-electron chi connectivity index (χ1n) is 7.77. The summed E-state index contributed by atoms with van der Waals surface area (Å²) in [5, 5.41) is 21.0. The Balaban J connectivity index is 0.00000288. The van der Waals surface area contributed by atoms with E-state index in [1.807, 2.05) is 26.4 Å². The quantitative estimate of drug-likeness (QED) is 0.341. The van der Waals surface area contributed by atoms with Crippen molar-refractivity contribution in [2.24, 2.45) is 12.0 Å². The molecule has 2 aromatic heterocycles. The van der Waals surface area contributed by atoms with Gasteiger partial charge in [0.2, 0.25) is 0 Å². The van der Waals surface area contributed by atoms with E-state index in [0.717, 1.165) is 19.5 Å². The highest BCUT2D eigenvalue weighted by Gasteiger charge is 2.25. The fraction of sp³-hybridized carbons (Fsp3) is 0.500. The molecular formula is C16H26IN5O2. The number of hydrogen-bond donors (Lipinski definition) is 3. The second kappa shape index (κ2) is 9.67. The van der Waals surface area contributed by atoms with E-state index in [1.165, 1.54) is 5.56 Å². The summed E-state index contributed by atoms with van der Waals surface area (Å²) in [6.07, 6.45) is 6.25. The van der Waals surface area contributed by atoms with Crippen LogP contribution in [0.25, 0.3) is 0 Å². The van der Waals surface area contributed by atoms with E-state index in [4.69, 9.17) is 4.42 Å². The number of hydrogen-bond acceptors (Lipinski definition) is 4. The Morgan fingerprint density at radius 3 is 2.83 bits per heavy atom. The second-order valence-electron chi connectivity index (χ2n) is 5.65. The first-order chi connectivity index (χ1) is 11.0. The highest BCUT2D eigenvalue weighted by atomic mass is 127. The summed E-state index contributed by atoms with van der Waals surface area (Å²) in [5.74, 6) is 1.18. The summed E-state index contributed by atoms with van der Waals surface area (Å²) in [5.41, 5.74) is 0.0355. The number of aryl methyl sites for hydroxylation is 1. The monoisotopic (exact) mass is 447 g/mol. The van der Waals surface area contributed by atoms with Gasteiger partial charge in [-0.1, -0.05) is 0 Å². The molecule has 0 fully saturated rings. The topological polar surface area (TPSA) is 87.6 Å². The number of rotatable bonds is 7. The molecule has 24 heavy (non-hydrogen) atoms. The molecule has 0 radical (unpaired) electrons. The molecule has 0 aliphatic rings. The first-order valence-corrected chi connectivity index (χ1v) is 7.77. The third kappa shape index (κ3) is 6.16. The van der Waals surface area contributed by atoms with Crippen molar-refractivity contribution in [3.63, 3.8) is 0 Å². The smallest absolute Gasteiger partial charge is 0.191 e. The van der Waals surface area contributed by atoms with Gasteiger partial charge in [-0.2, -0.15) is 5.10 Å². The van der Waals surface area contributed by atoms with E-state index in [-0.39, 0.29) is 30.5 Å². The molecule has 3 N–H and O–H groups in total. The minimum absolute atomic E-state index is 0. The average Bonchev–Trinajstić information content (AvgIpc) is 3.17. The van der Waals surface area contributed by atoms with Crippen LogP contribution in [-0.2, 0) is 19.1 Å². The molecule has 2 aromatic rings. The Bertz CT molecular complexity index is 622. The standard InChI is InChI=1S/C16H25N5O2.HI/c1-4-17-15(18-8-7-13-10-20-21(3)11-13)19-12-16(2,22)14-6-5-9-23-14;/h5-6,9-11,22H,4,7-8,12H2,1-3H3,(H2,17,18,19);1H. The predicted molar refractivity (Wildman–Crippen MR) is 105 cm³/mol. The number of nitrogens with zero attached hydrogens (tertiary/aromatic N) is 3. The minimum Gasteiger partial charge on any atom is -0.466 e. The van der Waals surface area contributed by atoms with E-state index in [1.54, 1.807) is 30.0 Å². The zero-order chi connectivity index (χ0) is 16.7. The van der Waals surface area contributed by atoms with E-state index in [2.05, 4.69) is 20.7 Å². The predicted octanol–water partition coefficient (Wildman–Crippen LogP) is 1.64. The summed E-state index contributed by atoms with van der Waals surface area (Å²) in [6.45, 7) is 5.39. The van der Waals surface area contributed by atoms with Crippen LogP contribution in [0.3, 0.4) is 0 Å². The van der Waals surface area contributed by atoms with Crippen LogP contribution in [0.5, 0.6) is 0 Å². The van der Waals surface area contributed by atoms with Gasteiger partial charge in [0.15, 0.2) is 5.96 Å². The van der Waals surface area contributed by atoms with Gasteiger partial charge in [-0.25, -0.2) is 4.99 Å². The van der Waals surface area contributed by atoms with Crippen LogP contribution >= 0.6 is 24.0 Å². The van der Waals surface area contributed by atoms with Gasteiger partial charge in [-0.3, -0.25) is 4.68 Å². The lowest BCUT2D eigenvalue weighted by molar-refractivity contribution is 0.0437. The number of guanidine groups is 1. The fourth-order valence-electron chi connectivity index (χ4n) is 2.16. The lowest BCUT2D eigenvalue weighted by atomic mass is 10.0. The SMILES string of the molecule is CCNC(=NCC(C)(O)c1ccco1)NCCc1cnn(C)c1.I. The number of aliphatic hydroxyl groups is 1. The maximum atomic E-state index is 10.4. The van der Waals surface area contributed by atoms with Crippen molar-refractivity contribution in [1.29, 1.82) is 0 Å². The van der Waals surface area contributed by atoms with Crippen LogP contribution in [0.4, 0.5) is 0 Å². The third-order valence-corrected chi connectivity index (χ3v) is 3.41. The summed E-state index contributed by atoms with van der Waals surface area (Å²) < 4.78 is 7.05. The van der Waals surface area contributed by atoms with Gasteiger partial charge in [0, 0.05) is 26.3 Å². The zero-order valence-electron chi connectivity index (χ0n) is 14.3. The van der Waals surface area contributed by atoms with Crippen molar-refractivity contribution in [3.8, 4) is 0 Å². The molecule has 1 atom stereocenters. The summed E-state index contributed by atoms with van der Waals surface area (Å²) in [4.78, 5) is 4.44. The van der Waals surface area contributed by atoms with Gasteiger partial charge in [-0.05, 0) is 38.0 Å². The van der Waals surface area contributed by atoms with Gasteiger partial charge in [0.25, 0.3) is 0 Å². The van der Waals surface area contributed by atoms with Crippen LogP contribution in [0, 0.1) is 0 Å². The maximum absolute atomic E-state index is 10.4. The van der Waals surface area contributed by atoms with Gasteiger partial charge in [0.05, 0.1) is 19.0 Å². The molecule has 0 saturated carbocycles. The Hall–Kier alpha value is -1.55. The number of aromatic nitrogens is 2. The molecule has 0 aliphatic carbocycles. The summed E-state index contributed by atoms with van der Waals surface area (Å²) in [7, 11) is 1.90. The van der Waals surface area contributed by atoms with E-state index in [9.17, 15) is 5.11 Å². The van der Waals surface area contributed by atoms with Crippen LogP contribution in [0.15, 0.2) is 40.2 Å². The second-order valence-corrected chi connectivity index (χ2v) is 5.65. The fourth-order valence-corrected chi connectivity index (χ4v) is 2.16. The lowest BCUT2D eigenvalue weighted by Crippen LogP contribution is -2.39. The van der Waals surface area contributed by atoms with Crippen LogP contribution in [0.1, 0.15) is 25.2 Å². The normalized spacial score (nSPS) is 13.9. The van der Waals surface area contributed by atoms with Gasteiger partial charge in [0.1, 0.15) is 11.4 Å². The molecule has 0 aromatic carbocycles. The number of halogens is 1. The Morgan fingerprint density at radius 1 is 1.46 bits per heavy atom. The van der Waals surface area contributed by atoms with Crippen molar-refractivity contribution < 1.29 is 9.52 Å². The molecule has 0 bridgehead atoms. The molecule has 8 heteroatoms. The van der Waals surface area contributed by atoms with Crippen molar-refractivity contribution in [3.05, 3.63) is 42.1 Å². The summed E-state index contributed by atoms with van der Waals surface area (Å²) in [6, 6.07) is 3.50. The molecular weight excluding hydrogens is 421 g/mol. The van der Waals surface area contributed by atoms with Crippen LogP contribution in [0.2, 0.25) is 0 Å². The highest BCUT2D eigenvalue weighted by molar-refractivity contribution is 14.0. The van der Waals surface area contributed by atoms with Gasteiger partial charge < -0.3 is 20.2 Å². The molecule has 2 heterocycles. The largest absolute Gasteiger partial charge is 0.466 e. The lowest BCUT2D eigenvalue weighted by Gasteiger charge is -2.19. The molecule has 134 valence electrons. The minimum atomic E-state index is -1.13. The van der Waals surface area contributed by atoms with Crippen molar-refractivity contribution in [1.82, 2.24) is 20.4 Å². The van der Waals surface area contributed by atoms with Crippen molar-refractivity contribution in [2.75, 3.05) is 19.6 Å². The van der Waals surface area contributed by atoms with E-state index < -0.39 is 5.60 Å². The molecule has 0 amide bonds. The highest BCUT2D eigenvalue weighted by Crippen LogP contribution is 2.20. The molecule has 0 aliphatic heterocycles.